The summed E-state index contributed by atoms with van der Waals surface area (Å²) in [6.45, 7) is 13.4. The molecule has 0 amide bonds. The summed E-state index contributed by atoms with van der Waals surface area (Å²) in [4.78, 5) is 2.49. The topological polar surface area (TPSA) is 24.5 Å². The standard InChI is InChI=1S/C15H32N2O/c1-4-17(5-2)11-7-9-16-10-8-14-12-15(13-14)18-6-3/h14-16H,4-13H2,1-3H3. The van der Waals surface area contributed by atoms with Crippen LogP contribution in [0.3, 0.4) is 0 Å². The molecule has 1 aliphatic rings. The van der Waals surface area contributed by atoms with Gasteiger partial charge in [-0.1, -0.05) is 13.8 Å². The van der Waals surface area contributed by atoms with Crippen molar-refractivity contribution in [3.05, 3.63) is 0 Å². The Kier molecular flexibility index (Phi) is 8.64. The molecule has 0 aromatic carbocycles. The molecule has 0 heterocycles. The Hall–Kier alpha value is -0.120. The smallest absolute Gasteiger partial charge is 0.0580 e. The Bertz CT molecular complexity index is 189. The van der Waals surface area contributed by atoms with E-state index in [0.29, 0.717) is 6.10 Å². The van der Waals surface area contributed by atoms with Gasteiger partial charge in [-0.3, -0.25) is 0 Å². The van der Waals surface area contributed by atoms with Crippen LogP contribution in [-0.4, -0.2) is 50.3 Å². The summed E-state index contributed by atoms with van der Waals surface area (Å²) in [7, 11) is 0. The molecule has 0 unspecified atom stereocenters. The van der Waals surface area contributed by atoms with Crippen molar-refractivity contribution >= 4 is 0 Å². The molecule has 1 aliphatic carbocycles. The molecule has 108 valence electrons. The summed E-state index contributed by atoms with van der Waals surface area (Å²) in [5.74, 6) is 0.914. The number of ether oxygens (including phenoxy) is 1. The summed E-state index contributed by atoms with van der Waals surface area (Å²) in [5.41, 5.74) is 0. The van der Waals surface area contributed by atoms with Gasteiger partial charge in [-0.05, 0) is 71.2 Å². The molecule has 1 fully saturated rings. The minimum atomic E-state index is 0.572. The number of nitrogens with one attached hydrogen (secondary N) is 1. The zero-order valence-corrected chi connectivity index (χ0v) is 12.6. The summed E-state index contributed by atoms with van der Waals surface area (Å²) >= 11 is 0. The van der Waals surface area contributed by atoms with Crippen LogP contribution in [0.4, 0.5) is 0 Å². The molecule has 18 heavy (non-hydrogen) atoms. The van der Waals surface area contributed by atoms with Crippen LogP contribution in [0.25, 0.3) is 0 Å². The predicted molar refractivity (Wildman–Crippen MR) is 78.0 cm³/mol. The van der Waals surface area contributed by atoms with Crippen LogP contribution in [0.2, 0.25) is 0 Å². The third kappa shape index (κ3) is 6.17. The van der Waals surface area contributed by atoms with Crippen LogP contribution in [0.5, 0.6) is 0 Å². The Morgan fingerprint density at radius 3 is 2.44 bits per heavy atom. The summed E-state index contributed by atoms with van der Waals surface area (Å²) in [6.07, 6.45) is 5.75. The fourth-order valence-electron chi connectivity index (χ4n) is 2.68. The van der Waals surface area contributed by atoms with Gasteiger partial charge in [-0.15, -0.1) is 0 Å². The first kappa shape index (κ1) is 15.9. The fraction of sp³-hybridized carbons (Fsp3) is 1.00. The maximum absolute atomic E-state index is 5.58. The SMILES string of the molecule is CCOC1CC(CCNCCCN(CC)CC)C1. The van der Waals surface area contributed by atoms with E-state index < -0.39 is 0 Å². The zero-order chi connectivity index (χ0) is 13.2. The second-order valence-corrected chi connectivity index (χ2v) is 5.33. The summed E-state index contributed by atoms with van der Waals surface area (Å²) in [5, 5.41) is 3.57. The zero-order valence-electron chi connectivity index (χ0n) is 12.6. The molecule has 0 bridgehead atoms. The normalized spacial score (nSPS) is 23.3. The number of nitrogens with zero attached hydrogens (tertiary/aromatic N) is 1. The van der Waals surface area contributed by atoms with Crippen molar-refractivity contribution in [2.45, 2.75) is 52.6 Å². The third-order valence-corrected chi connectivity index (χ3v) is 4.05. The second-order valence-electron chi connectivity index (χ2n) is 5.33. The fourth-order valence-corrected chi connectivity index (χ4v) is 2.68. The van der Waals surface area contributed by atoms with Crippen molar-refractivity contribution in [2.24, 2.45) is 5.92 Å². The van der Waals surface area contributed by atoms with E-state index in [1.807, 2.05) is 0 Å². The quantitative estimate of drug-likeness (QED) is 0.575. The lowest BCUT2D eigenvalue weighted by Gasteiger charge is -2.35. The average Bonchev–Trinajstić information content (AvgIpc) is 2.34. The molecule has 3 heteroatoms. The van der Waals surface area contributed by atoms with Crippen molar-refractivity contribution in [3.63, 3.8) is 0 Å². The molecule has 0 saturated heterocycles. The highest BCUT2D eigenvalue weighted by Crippen LogP contribution is 2.32. The van der Waals surface area contributed by atoms with E-state index in [2.05, 4.69) is 31.0 Å². The monoisotopic (exact) mass is 256 g/mol. The molecule has 0 spiro atoms. The van der Waals surface area contributed by atoms with E-state index in [-0.39, 0.29) is 0 Å². The lowest BCUT2D eigenvalue weighted by atomic mass is 9.80. The van der Waals surface area contributed by atoms with E-state index in [0.717, 1.165) is 19.1 Å². The number of rotatable bonds is 11. The molecular weight excluding hydrogens is 224 g/mol. The predicted octanol–water partition coefficient (Wildman–Crippen LogP) is 2.51. The average molecular weight is 256 g/mol. The largest absolute Gasteiger partial charge is 0.378 e. The van der Waals surface area contributed by atoms with Crippen LogP contribution in [0.15, 0.2) is 0 Å². The summed E-state index contributed by atoms with van der Waals surface area (Å²) in [6, 6.07) is 0. The van der Waals surface area contributed by atoms with Gasteiger partial charge in [0.25, 0.3) is 0 Å². The molecule has 0 aromatic rings. The number of hydrogen-bond acceptors (Lipinski definition) is 3. The Balaban J connectivity index is 1.82. The minimum absolute atomic E-state index is 0.572. The third-order valence-electron chi connectivity index (χ3n) is 4.05. The first-order valence-corrected chi connectivity index (χ1v) is 7.84. The molecule has 0 aliphatic heterocycles. The lowest BCUT2D eigenvalue weighted by Crippen LogP contribution is -2.34. The van der Waals surface area contributed by atoms with Crippen molar-refractivity contribution < 1.29 is 4.74 Å². The highest BCUT2D eigenvalue weighted by Gasteiger charge is 2.28. The van der Waals surface area contributed by atoms with Gasteiger partial charge in [0.05, 0.1) is 6.10 Å². The van der Waals surface area contributed by atoms with Crippen LogP contribution in [-0.2, 0) is 4.74 Å². The maximum Gasteiger partial charge on any atom is 0.0580 e. The second kappa shape index (κ2) is 9.76. The molecule has 3 nitrogen and oxygen atoms in total. The Morgan fingerprint density at radius 2 is 1.83 bits per heavy atom. The lowest BCUT2D eigenvalue weighted by molar-refractivity contribution is -0.0263. The molecule has 1 rings (SSSR count). The van der Waals surface area contributed by atoms with Gasteiger partial charge >= 0.3 is 0 Å². The van der Waals surface area contributed by atoms with E-state index in [1.165, 1.54) is 51.9 Å². The van der Waals surface area contributed by atoms with Crippen LogP contribution in [0.1, 0.15) is 46.5 Å². The van der Waals surface area contributed by atoms with Crippen molar-refractivity contribution in [1.29, 1.82) is 0 Å². The molecular formula is C15H32N2O. The van der Waals surface area contributed by atoms with Crippen LogP contribution < -0.4 is 5.32 Å². The van der Waals surface area contributed by atoms with Crippen molar-refractivity contribution in [3.8, 4) is 0 Å². The van der Waals surface area contributed by atoms with Gasteiger partial charge in [-0.2, -0.15) is 0 Å². The van der Waals surface area contributed by atoms with Gasteiger partial charge in [0.2, 0.25) is 0 Å². The highest BCUT2D eigenvalue weighted by molar-refractivity contribution is 4.80. The first-order valence-electron chi connectivity index (χ1n) is 7.84. The maximum atomic E-state index is 5.58. The van der Waals surface area contributed by atoms with E-state index >= 15 is 0 Å². The summed E-state index contributed by atoms with van der Waals surface area (Å²) < 4.78 is 5.58. The Morgan fingerprint density at radius 1 is 1.11 bits per heavy atom. The Labute approximate surface area is 113 Å². The van der Waals surface area contributed by atoms with Gasteiger partial charge in [-0.25, -0.2) is 0 Å². The van der Waals surface area contributed by atoms with Crippen molar-refractivity contribution in [1.82, 2.24) is 10.2 Å². The van der Waals surface area contributed by atoms with Crippen LogP contribution in [0, 0.1) is 5.92 Å². The van der Waals surface area contributed by atoms with E-state index in [1.54, 1.807) is 0 Å². The van der Waals surface area contributed by atoms with Gasteiger partial charge in [0.1, 0.15) is 0 Å². The van der Waals surface area contributed by atoms with E-state index in [9.17, 15) is 0 Å². The molecule has 0 aromatic heterocycles. The van der Waals surface area contributed by atoms with Gasteiger partial charge in [0.15, 0.2) is 0 Å². The van der Waals surface area contributed by atoms with Gasteiger partial charge < -0.3 is 15.0 Å². The highest BCUT2D eigenvalue weighted by atomic mass is 16.5. The van der Waals surface area contributed by atoms with E-state index in [4.69, 9.17) is 4.74 Å². The molecule has 0 radical (unpaired) electrons. The molecule has 1 N–H and O–H groups in total. The first-order chi connectivity index (χ1) is 8.80. The number of hydrogen-bond donors (Lipinski definition) is 1. The van der Waals surface area contributed by atoms with Crippen LogP contribution >= 0.6 is 0 Å². The van der Waals surface area contributed by atoms with Gasteiger partial charge in [0, 0.05) is 6.61 Å². The molecule has 1 saturated carbocycles. The van der Waals surface area contributed by atoms with Crippen molar-refractivity contribution in [2.75, 3.05) is 39.3 Å². The minimum Gasteiger partial charge on any atom is -0.378 e. The molecule has 0 atom stereocenters.